The summed E-state index contributed by atoms with van der Waals surface area (Å²) in [6.45, 7) is 4.84. The highest BCUT2D eigenvalue weighted by molar-refractivity contribution is 7.89. The third-order valence-corrected chi connectivity index (χ3v) is 6.19. The summed E-state index contributed by atoms with van der Waals surface area (Å²) in [5, 5.41) is 14.8. The summed E-state index contributed by atoms with van der Waals surface area (Å²) >= 11 is 0. The van der Waals surface area contributed by atoms with Gasteiger partial charge in [0.25, 0.3) is 0 Å². The number of benzene rings is 2. The minimum Gasteiger partial charge on any atom is -0.464 e. The molecular formula is C22H28N2O4S. The quantitative estimate of drug-likeness (QED) is 0.473. The highest BCUT2D eigenvalue weighted by atomic mass is 32.2. The number of fused-ring (bicyclic) bond motifs is 1. The number of aliphatic hydroxyl groups excluding tert-OH is 1. The first-order chi connectivity index (χ1) is 13.8. The molecule has 29 heavy (non-hydrogen) atoms. The monoisotopic (exact) mass is 416 g/mol. The van der Waals surface area contributed by atoms with E-state index in [1.165, 1.54) is 12.3 Å². The summed E-state index contributed by atoms with van der Waals surface area (Å²) in [6.07, 6.45) is 1.26. The first kappa shape index (κ1) is 21.5. The SMILES string of the molecule is CC(C)CN[C@H](Cc1ccccc1)[C@@H](O)CNS(=O)(=O)c1ccc2occc2c1. The van der Waals surface area contributed by atoms with Crippen molar-refractivity contribution in [3.8, 4) is 0 Å². The lowest BCUT2D eigenvalue weighted by atomic mass is 10.0. The molecule has 0 fully saturated rings. The topological polar surface area (TPSA) is 91.6 Å². The van der Waals surface area contributed by atoms with Gasteiger partial charge in [0.15, 0.2) is 0 Å². The highest BCUT2D eigenvalue weighted by Crippen LogP contribution is 2.20. The fraction of sp³-hybridized carbons (Fsp3) is 0.364. The van der Waals surface area contributed by atoms with Crippen molar-refractivity contribution in [2.45, 2.75) is 37.3 Å². The van der Waals surface area contributed by atoms with E-state index in [4.69, 9.17) is 4.42 Å². The second-order valence-corrected chi connectivity index (χ2v) is 9.40. The standard InChI is InChI=1S/C22H28N2O4S/c1-16(2)14-23-20(12-17-6-4-3-5-7-17)21(25)15-24-29(26,27)19-8-9-22-18(13-19)10-11-28-22/h3-11,13,16,20-21,23-25H,12,14-15H2,1-2H3/t20-,21+/m1/s1. The Morgan fingerprint density at radius 3 is 2.52 bits per heavy atom. The molecule has 3 rings (SSSR count). The molecule has 3 aromatic rings. The van der Waals surface area contributed by atoms with E-state index in [2.05, 4.69) is 23.9 Å². The number of furan rings is 1. The molecule has 1 heterocycles. The highest BCUT2D eigenvalue weighted by Gasteiger charge is 2.23. The van der Waals surface area contributed by atoms with Crippen LogP contribution in [0.4, 0.5) is 0 Å². The van der Waals surface area contributed by atoms with Gasteiger partial charge < -0.3 is 14.8 Å². The van der Waals surface area contributed by atoms with Gasteiger partial charge in [-0.1, -0.05) is 44.2 Å². The fourth-order valence-electron chi connectivity index (χ4n) is 3.13. The summed E-state index contributed by atoms with van der Waals surface area (Å²) in [5.41, 5.74) is 1.71. The number of aliphatic hydroxyl groups is 1. The average Bonchev–Trinajstić information content (AvgIpc) is 3.18. The molecule has 7 heteroatoms. The van der Waals surface area contributed by atoms with E-state index < -0.39 is 16.1 Å². The Balaban J connectivity index is 1.67. The van der Waals surface area contributed by atoms with Crippen molar-refractivity contribution in [1.82, 2.24) is 10.0 Å². The molecular weight excluding hydrogens is 388 g/mol. The van der Waals surface area contributed by atoms with E-state index >= 15 is 0 Å². The van der Waals surface area contributed by atoms with Crippen LogP contribution in [0, 0.1) is 5.92 Å². The molecule has 0 saturated carbocycles. The minimum atomic E-state index is -3.74. The lowest BCUT2D eigenvalue weighted by molar-refractivity contribution is 0.128. The number of nitrogens with one attached hydrogen (secondary N) is 2. The molecule has 0 aliphatic heterocycles. The van der Waals surface area contributed by atoms with Crippen LogP contribution in [0.3, 0.4) is 0 Å². The maximum atomic E-state index is 12.7. The Bertz CT molecular complexity index is 1020. The summed E-state index contributed by atoms with van der Waals surface area (Å²) in [5.74, 6) is 0.416. The molecule has 6 nitrogen and oxygen atoms in total. The molecule has 0 radical (unpaired) electrons. The molecule has 2 aromatic carbocycles. The molecule has 0 bridgehead atoms. The van der Waals surface area contributed by atoms with E-state index in [0.29, 0.717) is 23.3 Å². The van der Waals surface area contributed by atoms with E-state index in [-0.39, 0.29) is 17.5 Å². The molecule has 0 amide bonds. The summed E-state index contributed by atoms with van der Waals surface area (Å²) < 4.78 is 33.1. The Morgan fingerprint density at radius 2 is 1.79 bits per heavy atom. The van der Waals surface area contributed by atoms with Crippen molar-refractivity contribution in [3.63, 3.8) is 0 Å². The van der Waals surface area contributed by atoms with Gasteiger partial charge in [-0.2, -0.15) is 0 Å². The Labute approximate surface area is 172 Å². The van der Waals surface area contributed by atoms with Crippen molar-refractivity contribution < 1.29 is 17.9 Å². The zero-order chi connectivity index (χ0) is 20.9. The number of hydrogen-bond acceptors (Lipinski definition) is 5. The Morgan fingerprint density at radius 1 is 1.03 bits per heavy atom. The van der Waals surface area contributed by atoms with Gasteiger partial charge in [0, 0.05) is 18.0 Å². The summed E-state index contributed by atoms with van der Waals surface area (Å²) in [6, 6.07) is 16.0. The zero-order valence-electron chi connectivity index (χ0n) is 16.7. The second-order valence-electron chi connectivity index (χ2n) is 7.64. The normalized spacial score (nSPS) is 14.3. The third kappa shape index (κ3) is 5.90. The predicted octanol–water partition coefficient (Wildman–Crippen LogP) is 2.93. The first-order valence-corrected chi connectivity index (χ1v) is 11.3. The minimum absolute atomic E-state index is 0.0750. The van der Waals surface area contributed by atoms with Crippen LogP contribution in [-0.2, 0) is 16.4 Å². The van der Waals surface area contributed by atoms with Crippen molar-refractivity contribution in [2.75, 3.05) is 13.1 Å². The zero-order valence-corrected chi connectivity index (χ0v) is 17.5. The largest absolute Gasteiger partial charge is 0.464 e. The van der Waals surface area contributed by atoms with E-state index in [1.807, 2.05) is 30.3 Å². The van der Waals surface area contributed by atoms with Gasteiger partial charge in [-0.25, -0.2) is 13.1 Å². The van der Waals surface area contributed by atoms with Crippen LogP contribution in [0.5, 0.6) is 0 Å². The van der Waals surface area contributed by atoms with Crippen LogP contribution in [0.15, 0.2) is 70.2 Å². The summed E-state index contributed by atoms with van der Waals surface area (Å²) in [7, 11) is -3.74. The lowest BCUT2D eigenvalue weighted by Gasteiger charge is -2.25. The molecule has 3 N–H and O–H groups in total. The molecule has 1 aromatic heterocycles. The maximum absolute atomic E-state index is 12.7. The number of rotatable bonds is 10. The molecule has 0 aliphatic carbocycles. The van der Waals surface area contributed by atoms with Crippen molar-refractivity contribution in [3.05, 3.63) is 66.4 Å². The molecule has 0 spiro atoms. The smallest absolute Gasteiger partial charge is 0.240 e. The van der Waals surface area contributed by atoms with Crippen LogP contribution < -0.4 is 10.0 Å². The van der Waals surface area contributed by atoms with Crippen LogP contribution in [0.1, 0.15) is 19.4 Å². The maximum Gasteiger partial charge on any atom is 0.240 e. The molecule has 2 atom stereocenters. The van der Waals surface area contributed by atoms with Crippen molar-refractivity contribution in [1.29, 1.82) is 0 Å². The molecule has 0 unspecified atom stereocenters. The molecule has 0 saturated heterocycles. The van der Waals surface area contributed by atoms with Crippen LogP contribution in [0.2, 0.25) is 0 Å². The third-order valence-electron chi connectivity index (χ3n) is 4.77. The number of hydrogen-bond donors (Lipinski definition) is 3. The van der Waals surface area contributed by atoms with Crippen molar-refractivity contribution >= 4 is 21.0 Å². The van der Waals surface area contributed by atoms with Crippen LogP contribution >= 0.6 is 0 Å². The Kier molecular flexibility index (Phi) is 7.08. The van der Waals surface area contributed by atoms with Gasteiger partial charge >= 0.3 is 0 Å². The second kappa shape index (κ2) is 9.54. The predicted molar refractivity (Wildman–Crippen MR) is 114 cm³/mol. The molecule has 156 valence electrons. The van der Waals surface area contributed by atoms with Crippen molar-refractivity contribution in [2.24, 2.45) is 5.92 Å². The van der Waals surface area contributed by atoms with Crippen LogP contribution in [0.25, 0.3) is 11.0 Å². The van der Waals surface area contributed by atoms with E-state index in [0.717, 1.165) is 12.1 Å². The van der Waals surface area contributed by atoms with E-state index in [1.54, 1.807) is 18.2 Å². The van der Waals surface area contributed by atoms with Gasteiger partial charge in [0.05, 0.1) is 17.3 Å². The van der Waals surface area contributed by atoms with Gasteiger partial charge in [-0.3, -0.25) is 0 Å². The lowest BCUT2D eigenvalue weighted by Crippen LogP contribution is -2.48. The van der Waals surface area contributed by atoms with Gasteiger partial charge in [0.1, 0.15) is 5.58 Å². The average molecular weight is 417 g/mol. The van der Waals surface area contributed by atoms with Gasteiger partial charge in [-0.05, 0) is 48.7 Å². The Hall–Kier alpha value is -2.19. The van der Waals surface area contributed by atoms with E-state index in [9.17, 15) is 13.5 Å². The van der Waals surface area contributed by atoms with Gasteiger partial charge in [0.2, 0.25) is 10.0 Å². The van der Waals surface area contributed by atoms with Gasteiger partial charge in [-0.15, -0.1) is 0 Å². The van der Waals surface area contributed by atoms with Crippen LogP contribution in [-0.4, -0.2) is 38.8 Å². The molecule has 0 aliphatic rings. The fourth-order valence-corrected chi connectivity index (χ4v) is 4.22. The number of sulfonamides is 1. The summed E-state index contributed by atoms with van der Waals surface area (Å²) in [4.78, 5) is 0.147. The first-order valence-electron chi connectivity index (χ1n) is 9.77.